The van der Waals surface area contributed by atoms with Crippen LogP contribution < -0.4 is 10.1 Å². The number of nitrogens with zero attached hydrogens (tertiary/aromatic N) is 2. The van der Waals surface area contributed by atoms with E-state index in [1.54, 1.807) is 0 Å². The maximum absolute atomic E-state index is 11.9. The van der Waals surface area contributed by atoms with Gasteiger partial charge in [0.25, 0.3) is 5.91 Å². The Morgan fingerprint density at radius 2 is 2.06 bits per heavy atom. The van der Waals surface area contributed by atoms with Gasteiger partial charge < -0.3 is 10.1 Å². The molecule has 2 heterocycles. The van der Waals surface area contributed by atoms with Crippen molar-refractivity contribution < 1.29 is 9.53 Å². The van der Waals surface area contributed by atoms with Crippen molar-refractivity contribution in [2.24, 2.45) is 0 Å². The molecule has 94 valence electrons. The Balaban J connectivity index is 2.13. The molecule has 2 aromatic rings. The Morgan fingerprint density at radius 3 is 2.56 bits per heavy atom. The Kier molecular flexibility index (Phi) is 4.00. The number of anilines is 1. The fraction of sp³-hybridized carbons (Fsp3) is 0.100. The Morgan fingerprint density at radius 1 is 1.39 bits per heavy atom. The molecule has 0 saturated heterocycles. The van der Waals surface area contributed by atoms with Crippen molar-refractivity contribution in [3.8, 4) is 6.01 Å². The Hall–Kier alpha value is -1.37. The number of carbonyl (C=O) groups is 1. The predicted octanol–water partition coefficient (Wildman–Crippen LogP) is 3.11. The highest BCUT2D eigenvalue weighted by Crippen LogP contribution is 2.31. The van der Waals surface area contributed by atoms with Crippen LogP contribution in [0, 0.1) is 0 Å². The predicted molar refractivity (Wildman–Crippen MR) is 70.9 cm³/mol. The maximum Gasteiger partial charge on any atom is 0.316 e. The molecule has 0 atom stereocenters. The first-order valence-corrected chi connectivity index (χ1v) is 6.29. The lowest BCUT2D eigenvalue weighted by Gasteiger charge is -2.03. The number of nitrogens with one attached hydrogen (secondary N) is 1. The quantitative estimate of drug-likeness (QED) is 0.946. The summed E-state index contributed by atoms with van der Waals surface area (Å²) in [7, 11) is 1.46. The van der Waals surface area contributed by atoms with Crippen LogP contribution in [0.5, 0.6) is 6.01 Å². The summed E-state index contributed by atoms with van der Waals surface area (Å²) >= 11 is 12.8. The second-order valence-electron chi connectivity index (χ2n) is 3.15. The fourth-order valence-corrected chi connectivity index (χ4v) is 2.64. The zero-order valence-electron chi connectivity index (χ0n) is 9.11. The molecule has 0 radical (unpaired) electrons. The van der Waals surface area contributed by atoms with Gasteiger partial charge in [0.15, 0.2) is 0 Å². The van der Waals surface area contributed by atoms with E-state index in [-0.39, 0.29) is 11.9 Å². The van der Waals surface area contributed by atoms with Crippen LogP contribution >= 0.6 is 34.5 Å². The summed E-state index contributed by atoms with van der Waals surface area (Å²) in [6.45, 7) is 0. The largest absolute Gasteiger partial charge is 0.467 e. The first-order valence-electron chi connectivity index (χ1n) is 4.72. The molecule has 0 bridgehead atoms. The summed E-state index contributed by atoms with van der Waals surface area (Å²) in [6, 6.07) is 1.73. The van der Waals surface area contributed by atoms with Gasteiger partial charge in [-0.25, -0.2) is 9.97 Å². The summed E-state index contributed by atoms with van der Waals surface area (Å²) in [5.41, 5.74) is 0.765. The highest BCUT2D eigenvalue weighted by molar-refractivity contribution is 7.20. The first-order chi connectivity index (χ1) is 8.60. The number of halogens is 2. The number of carbonyl (C=O) groups excluding carboxylic acids is 1. The van der Waals surface area contributed by atoms with Gasteiger partial charge in [0.1, 0.15) is 4.34 Å². The van der Waals surface area contributed by atoms with Crippen LogP contribution in [0.1, 0.15) is 10.4 Å². The molecular formula is C10H7Cl2N3O2S. The molecule has 8 heteroatoms. The average molecular weight is 304 g/mol. The smallest absolute Gasteiger partial charge is 0.316 e. The third-order valence-electron chi connectivity index (χ3n) is 1.97. The summed E-state index contributed by atoms with van der Waals surface area (Å²) in [5.74, 6) is -0.364. The molecule has 0 aromatic carbocycles. The zero-order chi connectivity index (χ0) is 13.1. The maximum atomic E-state index is 11.9. The molecule has 1 N–H and O–H groups in total. The van der Waals surface area contributed by atoms with Crippen LogP contribution in [0.2, 0.25) is 8.67 Å². The number of thiophene rings is 1. The summed E-state index contributed by atoms with van der Waals surface area (Å²) in [6.07, 6.45) is 2.87. The van der Waals surface area contributed by atoms with Crippen LogP contribution in [0.4, 0.5) is 5.69 Å². The zero-order valence-corrected chi connectivity index (χ0v) is 11.4. The topological polar surface area (TPSA) is 64.1 Å². The third-order valence-corrected chi connectivity index (χ3v) is 3.46. The Bertz CT molecular complexity index is 571. The normalized spacial score (nSPS) is 10.2. The number of methoxy groups -OCH3 is 1. The number of ether oxygens (including phenoxy) is 1. The van der Waals surface area contributed by atoms with Crippen molar-refractivity contribution in [1.29, 1.82) is 0 Å². The molecule has 0 saturated carbocycles. The van der Waals surface area contributed by atoms with E-state index >= 15 is 0 Å². The molecule has 2 rings (SSSR count). The monoisotopic (exact) mass is 303 g/mol. The lowest BCUT2D eigenvalue weighted by atomic mass is 10.3. The van der Waals surface area contributed by atoms with Gasteiger partial charge in [-0.1, -0.05) is 23.2 Å². The minimum absolute atomic E-state index is 0.226. The second-order valence-corrected chi connectivity index (χ2v) is 5.44. The third kappa shape index (κ3) is 2.90. The summed E-state index contributed by atoms with van der Waals surface area (Å²) in [5, 5.41) is 2.61. The lowest BCUT2D eigenvalue weighted by Crippen LogP contribution is -2.11. The van der Waals surface area contributed by atoms with Gasteiger partial charge in [0.2, 0.25) is 0 Å². The number of hydrogen-bond donors (Lipinski definition) is 1. The number of amides is 1. The van der Waals surface area contributed by atoms with Gasteiger partial charge >= 0.3 is 6.01 Å². The van der Waals surface area contributed by atoms with Crippen molar-refractivity contribution in [1.82, 2.24) is 9.97 Å². The van der Waals surface area contributed by atoms with Crippen LogP contribution in [0.3, 0.4) is 0 Å². The minimum Gasteiger partial charge on any atom is -0.467 e. The molecule has 0 aliphatic rings. The van der Waals surface area contributed by atoms with Crippen molar-refractivity contribution in [3.05, 3.63) is 32.7 Å². The minimum atomic E-state index is -0.364. The molecule has 0 spiro atoms. The molecule has 0 unspecified atom stereocenters. The van der Waals surface area contributed by atoms with Crippen molar-refractivity contribution in [2.45, 2.75) is 0 Å². The van der Waals surface area contributed by atoms with E-state index < -0.39 is 0 Å². The molecule has 0 aliphatic carbocycles. The van der Waals surface area contributed by atoms with Gasteiger partial charge in [-0.3, -0.25) is 4.79 Å². The van der Waals surface area contributed by atoms with Crippen LogP contribution in [-0.4, -0.2) is 23.0 Å². The second kappa shape index (κ2) is 5.51. The van der Waals surface area contributed by atoms with E-state index in [1.807, 2.05) is 0 Å². The van der Waals surface area contributed by atoms with Gasteiger partial charge in [-0.05, 0) is 6.07 Å². The first kappa shape index (κ1) is 13.1. The molecule has 0 fully saturated rings. The Labute approximate surface area is 117 Å². The molecule has 18 heavy (non-hydrogen) atoms. The van der Waals surface area contributed by atoms with E-state index in [0.717, 1.165) is 11.3 Å². The van der Waals surface area contributed by atoms with Gasteiger partial charge in [0.05, 0.1) is 35.1 Å². The van der Waals surface area contributed by atoms with Crippen molar-refractivity contribution in [2.75, 3.05) is 12.4 Å². The highest BCUT2D eigenvalue weighted by atomic mass is 35.5. The van der Waals surface area contributed by atoms with Gasteiger partial charge in [-0.15, -0.1) is 11.3 Å². The molecule has 1 amide bonds. The molecule has 5 nitrogen and oxygen atoms in total. The van der Waals surface area contributed by atoms with E-state index in [1.165, 1.54) is 25.6 Å². The molecule has 0 aliphatic heterocycles. The van der Waals surface area contributed by atoms with Gasteiger partial charge in [-0.2, -0.15) is 0 Å². The van der Waals surface area contributed by atoms with Crippen LogP contribution in [-0.2, 0) is 0 Å². The molecular weight excluding hydrogens is 297 g/mol. The van der Waals surface area contributed by atoms with Crippen molar-refractivity contribution in [3.63, 3.8) is 0 Å². The summed E-state index contributed by atoms with van der Waals surface area (Å²) < 4.78 is 5.60. The fourth-order valence-electron chi connectivity index (χ4n) is 1.18. The van der Waals surface area contributed by atoms with Gasteiger partial charge in [0, 0.05) is 0 Å². The van der Waals surface area contributed by atoms with Crippen molar-refractivity contribution >= 4 is 46.1 Å². The molecule has 2 aromatic heterocycles. The number of aromatic nitrogens is 2. The SMILES string of the molecule is COc1ncc(NC(=O)c2cc(Cl)sc2Cl)cn1. The summed E-state index contributed by atoms with van der Waals surface area (Å²) in [4.78, 5) is 19.6. The van der Waals surface area contributed by atoms with E-state index in [0.29, 0.717) is 19.9 Å². The van der Waals surface area contributed by atoms with Crippen LogP contribution in [0.25, 0.3) is 0 Å². The number of hydrogen-bond acceptors (Lipinski definition) is 5. The van der Waals surface area contributed by atoms with Crippen LogP contribution in [0.15, 0.2) is 18.5 Å². The van der Waals surface area contributed by atoms with E-state index in [4.69, 9.17) is 27.9 Å². The lowest BCUT2D eigenvalue weighted by molar-refractivity contribution is 0.102. The highest BCUT2D eigenvalue weighted by Gasteiger charge is 2.14. The standard InChI is InChI=1S/C10H7Cl2N3O2S/c1-17-10-13-3-5(4-14-10)15-9(16)6-2-7(11)18-8(6)12/h2-4H,1H3,(H,15,16). The van der Waals surface area contributed by atoms with E-state index in [9.17, 15) is 4.79 Å². The average Bonchev–Trinajstić information content (AvgIpc) is 2.69. The number of rotatable bonds is 3. The van der Waals surface area contributed by atoms with E-state index in [2.05, 4.69) is 15.3 Å².